The fraction of sp³-hybridized carbons (Fsp3) is 0.125. The minimum absolute atomic E-state index is 0.343. The van der Waals surface area contributed by atoms with E-state index in [1.54, 1.807) is 13.0 Å². The van der Waals surface area contributed by atoms with Crippen molar-refractivity contribution in [2.75, 3.05) is 0 Å². The summed E-state index contributed by atoms with van der Waals surface area (Å²) >= 11 is 0. The molecule has 0 fully saturated rings. The third-order valence-corrected chi connectivity index (χ3v) is 3.02. The SMILES string of the molecule is CC(NC(=O)/C=C/c1cccc2ccccc12)C(N)=O. The van der Waals surface area contributed by atoms with Crippen LogP contribution in [0, 0.1) is 0 Å². The molecule has 0 aromatic heterocycles. The highest BCUT2D eigenvalue weighted by atomic mass is 16.2. The molecule has 2 aromatic carbocycles. The van der Waals surface area contributed by atoms with E-state index in [1.807, 2.05) is 42.5 Å². The van der Waals surface area contributed by atoms with Crippen molar-refractivity contribution in [1.82, 2.24) is 5.32 Å². The Bertz CT molecular complexity index is 672. The van der Waals surface area contributed by atoms with Crippen LogP contribution in [0.4, 0.5) is 0 Å². The molecule has 20 heavy (non-hydrogen) atoms. The summed E-state index contributed by atoms with van der Waals surface area (Å²) in [4.78, 5) is 22.5. The van der Waals surface area contributed by atoms with E-state index in [1.165, 1.54) is 6.08 Å². The van der Waals surface area contributed by atoms with Crippen molar-refractivity contribution in [2.24, 2.45) is 5.73 Å². The quantitative estimate of drug-likeness (QED) is 0.830. The van der Waals surface area contributed by atoms with Gasteiger partial charge in [0.05, 0.1) is 0 Å². The van der Waals surface area contributed by atoms with Crippen molar-refractivity contribution in [2.45, 2.75) is 13.0 Å². The molecule has 2 amide bonds. The fourth-order valence-corrected chi connectivity index (χ4v) is 1.89. The molecule has 0 saturated heterocycles. The second kappa shape index (κ2) is 6.02. The molecule has 102 valence electrons. The lowest BCUT2D eigenvalue weighted by Crippen LogP contribution is -2.41. The number of primary amides is 1. The van der Waals surface area contributed by atoms with E-state index < -0.39 is 11.9 Å². The van der Waals surface area contributed by atoms with Crippen LogP contribution in [0.3, 0.4) is 0 Å². The fourth-order valence-electron chi connectivity index (χ4n) is 1.89. The van der Waals surface area contributed by atoms with Crippen LogP contribution in [0.25, 0.3) is 16.8 Å². The van der Waals surface area contributed by atoms with Gasteiger partial charge >= 0.3 is 0 Å². The third-order valence-electron chi connectivity index (χ3n) is 3.02. The molecule has 0 spiro atoms. The molecule has 0 aliphatic heterocycles. The monoisotopic (exact) mass is 268 g/mol. The van der Waals surface area contributed by atoms with Crippen LogP contribution in [0.1, 0.15) is 12.5 Å². The van der Waals surface area contributed by atoms with Crippen molar-refractivity contribution in [3.8, 4) is 0 Å². The van der Waals surface area contributed by atoms with Crippen molar-refractivity contribution >= 4 is 28.7 Å². The number of carbonyl (C=O) groups is 2. The van der Waals surface area contributed by atoms with Gasteiger partial charge in [-0.3, -0.25) is 9.59 Å². The second-order valence-electron chi connectivity index (χ2n) is 4.53. The highest BCUT2D eigenvalue weighted by Crippen LogP contribution is 2.19. The summed E-state index contributed by atoms with van der Waals surface area (Å²) in [6.45, 7) is 1.55. The number of benzene rings is 2. The normalized spacial score (nSPS) is 12.4. The van der Waals surface area contributed by atoms with Crippen LogP contribution in [0.2, 0.25) is 0 Å². The molecule has 0 radical (unpaired) electrons. The Labute approximate surface area is 117 Å². The van der Waals surface area contributed by atoms with Crippen LogP contribution < -0.4 is 11.1 Å². The average molecular weight is 268 g/mol. The maximum Gasteiger partial charge on any atom is 0.244 e. The summed E-state index contributed by atoms with van der Waals surface area (Å²) in [6.07, 6.45) is 3.13. The van der Waals surface area contributed by atoms with Gasteiger partial charge in [0.1, 0.15) is 6.04 Å². The lowest BCUT2D eigenvalue weighted by molar-refractivity contribution is -0.124. The number of nitrogens with one attached hydrogen (secondary N) is 1. The third kappa shape index (κ3) is 3.23. The van der Waals surface area contributed by atoms with Crippen molar-refractivity contribution in [3.05, 3.63) is 54.1 Å². The number of hydrogen-bond donors (Lipinski definition) is 2. The molecule has 0 heterocycles. The van der Waals surface area contributed by atoms with Gasteiger partial charge in [-0.2, -0.15) is 0 Å². The molecule has 0 saturated carbocycles. The summed E-state index contributed by atoms with van der Waals surface area (Å²) in [5.74, 6) is -0.902. The topological polar surface area (TPSA) is 72.2 Å². The summed E-state index contributed by atoms with van der Waals surface area (Å²) in [5.41, 5.74) is 6.04. The van der Waals surface area contributed by atoms with Gasteiger partial charge in [0, 0.05) is 6.08 Å². The van der Waals surface area contributed by atoms with Gasteiger partial charge < -0.3 is 11.1 Å². The second-order valence-corrected chi connectivity index (χ2v) is 4.53. The van der Waals surface area contributed by atoms with Crippen LogP contribution in [-0.2, 0) is 9.59 Å². The van der Waals surface area contributed by atoms with Gasteiger partial charge in [0.25, 0.3) is 0 Å². The largest absolute Gasteiger partial charge is 0.368 e. The van der Waals surface area contributed by atoms with E-state index in [4.69, 9.17) is 5.73 Å². The standard InChI is InChI=1S/C16H16N2O2/c1-11(16(17)20)18-15(19)10-9-13-7-4-6-12-5-2-3-8-14(12)13/h2-11H,1H3,(H2,17,20)(H,18,19)/b10-9+. The van der Waals surface area contributed by atoms with Crippen LogP contribution in [0.5, 0.6) is 0 Å². The minimum Gasteiger partial charge on any atom is -0.368 e. The van der Waals surface area contributed by atoms with E-state index in [9.17, 15) is 9.59 Å². The molecule has 0 bridgehead atoms. The maximum absolute atomic E-state index is 11.7. The van der Waals surface area contributed by atoms with Crippen LogP contribution in [0.15, 0.2) is 48.5 Å². The molecule has 2 aromatic rings. The molecular weight excluding hydrogens is 252 g/mol. The van der Waals surface area contributed by atoms with Crippen LogP contribution >= 0.6 is 0 Å². The van der Waals surface area contributed by atoms with Gasteiger partial charge in [-0.1, -0.05) is 42.5 Å². The number of carbonyl (C=O) groups excluding carboxylic acids is 2. The summed E-state index contributed by atoms with van der Waals surface area (Å²) in [6, 6.07) is 13.1. The number of fused-ring (bicyclic) bond motifs is 1. The van der Waals surface area contributed by atoms with E-state index in [-0.39, 0.29) is 5.91 Å². The molecular formula is C16H16N2O2. The highest BCUT2D eigenvalue weighted by Gasteiger charge is 2.09. The predicted octanol–water partition coefficient (Wildman–Crippen LogP) is 1.84. The Morgan fingerprint density at radius 1 is 1.15 bits per heavy atom. The van der Waals surface area contributed by atoms with E-state index in [2.05, 4.69) is 5.32 Å². The van der Waals surface area contributed by atoms with E-state index >= 15 is 0 Å². The molecule has 2 rings (SSSR count). The molecule has 1 atom stereocenters. The Kier molecular flexibility index (Phi) is 4.15. The van der Waals surface area contributed by atoms with Crippen molar-refractivity contribution in [1.29, 1.82) is 0 Å². The zero-order valence-corrected chi connectivity index (χ0v) is 11.2. The Morgan fingerprint density at radius 2 is 1.85 bits per heavy atom. The lowest BCUT2D eigenvalue weighted by atomic mass is 10.0. The zero-order chi connectivity index (χ0) is 14.5. The Hall–Kier alpha value is -2.62. The van der Waals surface area contributed by atoms with E-state index in [0.29, 0.717) is 0 Å². The predicted molar refractivity (Wildman–Crippen MR) is 79.8 cm³/mol. The van der Waals surface area contributed by atoms with E-state index in [0.717, 1.165) is 16.3 Å². The summed E-state index contributed by atoms with van der Waals surface area (Å²) in [7, 11) is 0. The first-order valence-corrected chi connectivity index (χ1v) is 6.33. The average Bonchev–Trinajstić information content (AvgIpc) is 2.44. The molecule has 1 unspecified atom stereocenters. The number of amides is 2. The number of rotatable bonds is 4. The number of hydrogen-bond acceptors (Lipinski definition) is 2. The van der Waals surface area contributed by atoms with Crippen LogP contribution in [-0.4, -0.2) is 17.9 Å². The Morgan fingerprint density at radius 3 is 2.60 bits per heavy atom. The molecule has 0 aliphatic rings. The molecule has 0 aliphatic carbocycles. The maximum atomic E-state index is 11.7. The molecule has 3 N–H and O–H groups in total. The van der Waals surface area contributed by atoms with Crippen molar-refractivity contribution < 1.29 is 9.59 Å². The van der Waals surface area contributed by atoms with Gasteiger partial charge in [-0.25, -0.2) is 0 Å². The lowest BCUT2D eigenvalue weighted by Gasteiger charge is -2.07. The summed E-state index contributed by atoms with van der Waals surface area (Å²) in [5, 5.41) is 4.68. The van der Waals surface area contributed by atoms with Crippen molar-refractivity contribution in [3.63, 3.8) is 0 Å². The zero-order valence-electron chi connectivity index (χ0n) is 11.2. The van der Waals surface area contributed by atoms with Gasteiger partial charge in [0.2, 0.25) is 11.8 Å². The minimum atomic E-state index is -0.681. The first-order chi connectivity index (χ1) is 9.58. The smallest absolute Gasteiger partial charge is 0.244 e. The molecule has 4 nitrogen and oxygen atoms in total. The number of nitrogens with two attached hydrogens (primary N) is 1. The highest BCUT2D eigenvalue weighted by molar-refractivity contribution is 5.98. The van der Waals surface area contributed by atoms with Gasteiger partial charge in [0.15, 0.2) is 0 Å². The Balaban J connectivity index is 2.18. The summed E-state index contributed by atoms with van der Waals surface area (Å²) < 4.78 is 0. The molecule has 4 heteroatoms. The first kappa shape index (κ1) is 13.8. The van der Waals surface area contributed by atoms with Gasteiger partial charge in [-0.15, -0.1) is 0 Å². The first-order valence-electron chi connectivity index (χ1n) is 6.33. The van der Waals surface area contributed by atoms with Gasteiger partial charge in [-0.05, 0) is 29.3 Å².